The predicted molar refractivity (Wildman–Crippen MR) is 92.6 cm³/mol. The molecule has 2 aromatic rings. The Hall–Kier alpha value is -2.47. The summed E-state index contributed by atoms with van der Waals surface area (Å²) in [7, 11) is 0. The van der Waals surface area contributed by atoms with E-state index in [-0.39, 0.29) is 23.5 Å². The van der Waals surface area contributed by atoms with Gasteiger partial charge in [-0.05, 0) is 42.3 Å². The Labute approximate surface area is 143 Å². The molecule has 2 heterocycles. The molecule has 6 heteroatoms. The van der Waals surface area contributed by atoms with E-state index in [1.807, 2.05) is 12.1 Å². The first-order valence-corrected chi connectivity index (χ1v) is 8.46. The van der Waals surface area contributed by atoms with Crippen LogP contribution < -0.4 is 5.73 Å². The van der Waals surface area contributed by atoms with Crippen LogP contribution in [0.25, 0.3) is 16.5 Å². The Balaban J connectivity index is 1.64. The first-order valence-electron chi connectivity index (χ1n) is 7.65. The maximum atomic E-state index is 13.0. The fraction of sp³-hybridized carbons (Fsp3) is 0.222. The van der Waals surface area contributed by atoms with Crippen LogP contribution in [-0.4, -0.2) is 29.8 Å². The summed E-state index contributed by atoms with van der Waals surface area (Å²) in [6.45, 7) is 0.950. The summed E-state index contributed by atoms with van der Waals surface area (Å²) in [6, 6.07) is 10.2. The number of nitrogens with zero attached hydrogens (tertiary/aromatic N) is 1. The lowest BCUT2D eigenvalue weighted by atomic mass is 10.1. The van der Waals surface area contributed by atoms with E-state index < -0.39 is 0 Å². The number of hydrogen-bond donors (Lipinski definition) is 1. The highest BCUT2D eigenvalue weighted by Gasteiger charge is 2.28. The molecular weight excluding hydrogens is 327 g/mol. The SMILES string of the molecule is NC(=O)[C@H]1CCN(C(=O)/C=C/c2ccc(-c3ccc(F)cc3)s2)C1. The zero-order chi connectivity index (χ0) is 17.1. The van der Waals surface area contributed by atoms with Crippen LogP contribution in [0.5, 0.6) is 0 Å². The van der Waals surface area contributed by atoms with E-state index in [0.717, 1.165) is 15.3 Å². The lowest BCUT2D eigenvalue weighted by Gasteiger charge is -2.12. The molecule has 2 amide bonds. The molecule has 3 rings (SSSR count). The molecule has 1 aromatic carbocycles. The van der Waals surface area contributed by atoms with Gasteiger partial charge in [0.25, 0.3) is 0 Å². The van der Waals surface area contributed by atoms with Gasteiger partial charge >= 0.3 is 0 Å². The van der Waals surface area contributed by atoms with E-state index >= 15 is 0 Å². The van der Waals surface area contributed by atoms with Crippen molar-refractivity contribution >= 4 is 29.2 Å². The van der Waals surface area contributed by atoms with Gasteiger partial charge in [0.2, 0.25) is 11.8 Å². The molecular formula is C18H17FN2O2S. The summed E-state index contributed by atoms with van der Waals surface area (Å²) in [5, 5.41) is 0. The van der Waals surface area contributed by atoms with Crippen LogP contribution in [0.3, 0.4) is 0 Å². The van der Waals surface area contributed by atoms with Gasteiger partial charge in [-0.15, -0.1) is 11.3 Å². The second-order valence-electron chi connectivity index (χ2n) is 5.71. The largest absolute Gasteiger partial charge is 0.369 e. The molecule has 24 heavy (non-hydrogen) atoms. The Morgan fingerprint density at radius 1 is 1.21 bits per heavy atom. The van der Waals surface area contributed by atoms with Crippen LogP contribution in [0.4, 0.5) is 4.39 Å². The van der Waals surface area contributed by atoms with Crippen molar-refractivity contribution in [2.45, 2.75) is 6.42 Å². The maximum absolute atomic E-state index is 13.0. The van der Waals surface area contributed by atoms with Crippen molar-refractivity contribution in [2.24, 2.45) is 11.7 Å². The number of carbonyl (C=O) groups excluding carboxylic acids is 2. The molecule has 0 bridgehead atoms. The van der Waals surface area contributed by atoms with Gasteiger partial charge in [-0.3, -0.25) is 9.59 Å². The Bertz CT molecular complexity index is 783. The van der Waals surface area contributed by atoms with Crippen LogP contribution in [0, 0.1) is 11.7 Å². The average Bonchev–Trinajstić information content (AvgIpc) is 3.23. The van der Waals surface area contributed by atoms with Crippen LogP contribution in [-0.2, 0) is 9.59 Å². The molecule has 1 aliphatic heterocycles. The number of carbonyl (C=O) groups is 2. The summed E-state index contributed by atoms with van der Waals surface area (Å²) in [5.41, 5.74) is 6.22. The summed E-state index contributed by atoms with van der Waals surface area (Å²) in [5.74, 6) is -0.970. The number of benzene rings is 1. The molecule has 124 valence electrons. The minimum absolute atomic E-state index is 0.115. The molecule has 1 aliphatic rings. The van der Waals surface area contributed by atoms with Gasteiger partial charge in [-0.2, -0.15) is 0 Å². The minimum atomic E-state index is -0.350. The van der Waals surface area contributed by atoms with Crippen LogP contribution in [0.15, 0.2) is 42.5 Å². The molecule has 2 N–H and O–H groups in total. The smallest absolute Gasteiger partial charge is 0.246 e. The lowest BCUT2D eigenvalue weighted by Crippen LogP contribution is -2.30. The van der Waals surface area contributed by atoms with Crippen molar-refractivity contribution in [3.63, 3.8) is 0 Å². The maximum Gasteiger partial charge on any atom is 0.246 e. The number of likely N-dealkylation sites (tertiary alicyclic amines) is 1. The Kier molecular flexibility index (Phi) is 4.76. The van der Waals surface area contributed by atoms with Crippen molar-refractivity contribution in [3.05, 3.63) is 53.2 Å². The lowest BCUT2D eigenvalue weighted by molar-refractivity contribution is -0.125. The summed E-state index contributed by atoms with van der Waals surface area (Å²) in [6.07, 6.45) is 3.91. The van der Waals surface area contributed by atoms with Gasteiger partial charge < -0.3 is 10.6 Å². The highest BCUT2D eigenvalue weighted by Crippen LogP contribution is 2.29. The summed E-state index contributed by atoms with van der Waals surface area (Å²) in [4.78, 5) is 26.9. The zero-order valence-corrected chi connectivity index (χ0v) is 13.8. The highest BCUT2D eigenvalue weighted by molar-refractivity contribution is 7.16. The number of amides is 2. The van der Waals surface area contributed by atoms with Crippen molar-refractivity contribution in [2.75, 3.05) is 13.1 Å². The van der Waals surface area contributed by atoms with E-state index in [0.29, 0.717) is 19.5 Å². The van der Waals surface area contributed by atoms with E-state index in [9.17, 15) is 14.0 Å². The first-order chi connectivity index (χ1) is 11.5. The van der Waals surface area contributed by atoms with Gasteiger partial charge in [-0.25, -0.2) is 4.39 Å². The standard InChI is InChI=1S/C18H17FN2O2S/c19-14-3-1-12(2-4-14)16-7-5-15(24-16)6-8-17(22)21-10-9-13(11-21)18(20)23/h1-8,13H,9-11H2,(H2,20,23)/b8-6+/t13-/m0/s1. The molecule has 0 unspecified atom stereocenters. The fourth-order valence-corrected chi connectivity index (χ4v) is 3.58. The minimum Gasteiger partial charge on any atom is -0.369 e. The third kappa shape index (κ3) is 3.71. The molecule has 1 fully saturated rings. The van der Waals surface area contributed by atoms with Gasteiger partial charge in [0, 0.05) is 28.9 Å². The van der Waals surface area contributed by atoms with Crippen LogP contribution >= 0.6 is 11.3 Å². The summed E-state index contributed by atoms with van der Waals surface area (Å²) >= 11 is 1.53. The Morgan fingerprint density at radius 3 is 2.62 bits per heavy atom. The van der Waals surface area contributed by atoms with Crippen molar-refractivity contribution < 1.29 is 14.0 Å². The second-order valence-corrected chi connectivity index (χ2v) is 6.83. The molecule has 1 aromatic heterocycles. The molecule has 0 saturated carbocycles. The first kappa shape index (κ1) is 16.4. The normalized spacial score (nSPS) is 17.5. The third-order valence-electron chi connectivity index (χ3n) is 4.05. The van der Waals surface area contributed by atoms with Crippen LogP contribution in [0.1, 0.15) is 11.3 Å². The van der Waals surface area contributed by atoms with Crippen molar-refractivity contribution in [1.82, 2.24) is 4.90 Å². The van der Waals surface area contributed by atoms with Gasteiger partial charge in [-0.1, -0.05) is 12.1 Å². The molecule has 1 atom stereocenters. The van der Waals surface area contributed by atoms with Gasteiger partial charge in [0.05, 0.1) is 5.92 Å². The predicted octanol–water partition coefficient (Wildman–Crippen LogP) is 2.90. The topological polar surface area (TPSA) is 63.4 Å². The molecule has 0 radical (unpaired) electrons. The molecule has 0 aliphatic carbocycles. The molecule has 0 spiro atoms. The van der Waals surface area contributed by atoms with E-state index in [4.69, 9.17) is 5.73 Å². The molecule has 4 nitrogen and oxygen atoms in total. The Morgan fingerprint density at radius 2 is 1.96 bits per heavy atom. The van der Waals surface area contributed by atoms with Gasteiger partial charge in [0.15, 0.2) is 0 Å². The number of hydrogen-bond acceptors (Lipinski definition) is 3. The highest BCUT2D eigenvalue weighted by atomic mass is 32.1. The number of nitrogens with two attached hydrogens (primary N) is 1. The fourth-order valence-electron chi connectivity index (χ4n) is 2.66. The number of primary amides is 1. The second kappa shape index (κ2) is 6.97. The number of thiophene rings is 1. The van der Waals surface area contributed by atoms with E-state index in [1.54, 1.807) is 23.1 Å². The number of rotatable bonds is 4. The molecule has 1 saturated heterocycles. The van der Waals surface area contributed by atoms with Crippen molar-refractivity contribution in [3.8, 4) is 10.4 Å². The van der Waals surface area contributed by atoms with Crippen molar-refractivity contribution in [1.29, 1.82) is 0 Å². The quantitative estimate of drug-likeness (QED) is 0.867. The van der Waals surface area contributed by atoms with E-state index in [1.165, 1.54) is 29.5 Å². The summed E-state index contributed by atoms with van der Waals surface area (Å²) < 4.78 is 13.0. The zero-order valence-electron chi connectivity index (χ0n) is 12.9. The average molecular weight is 344 g/mol. The van der Waals surface area contributed by atoms with Gasteiger partial charge in [0.1, 0.15) is 5.82 Å². The monoisotopic (exact) mass is 344 g/mol. The number of halogens is 1. The third-order valence-corrected chi connectivity index (χ3v) is 5.15. The van der Waals surface area contributed by atoms with Crippen LogP contribution in [0.2, 0.25) is 0 Å². The van der Waals surface area contributed by atoms with E-state index in [2.05, 4.69) is 0 Å².